The number of benzene rings is 1. The molecule has 0 aliphatic rings. The van der Waals surface area contributed by atoms with Gasteiger partial charge in [-0.2, -0.15) is 0 Å². The van der Waals surface area contributed by atoms with Gasteiger partial charge in [0.25, 0.3) is 0 Å². The lowest BCUT2D eigenvalue weighted by Crippen LogP contribution is -2.19. The highest BCUT2D eigenvalue weighted by Gasteiger charge is 2.06. The average Bonchev–Trinajstić information content (AvgIpc) is 2.39. The van der Waals surface area contributed by atoms with Crippen molar-refractivity contribution < 1.29 is 24.2 Å². The minimum Gasteiger partial charge on any atom is -0.465 e. The maximum absolute atomic E-state index is 11.4. The van der Waals surface area contributed by atoms with Crippen LogP contribution in [0, 0.1) is 0 Å². The Kier molecular flexibility index (Phi) is 5.83. The van der Waals surface area contributed by atoms with E-state index in [-0.39, 0.29) is 25.7 Å². The molecule has 2 N–H and O–H groups in total. The van der Waals surface area contributed by atoms with E-state index in [2.05, 4.69) is 10.1 Å². The van der Waals surface area contributed by atoms with Crippen LogP contribution in [0.15, 0.2) is 24.3 Å². The van der Waals surface area contributed by atoms with Crippen molar-refractivity contribution in [3.8, 4) is 0 Å². The standard InChI is InChI=1S/C12H15NO5/c1-17-12(16)9-2-4-10(5-3-9)13-11(15)8-18-7-6-14/h2-5,14H,6-8H2,1H3,(H,13,15). The Labute approximate surface area is 105 Å². The maximum Gasteiger partial charge on any atom is 0.337 e. The topological polar surface area (TPSA) is 84.9 Å². The van der Waals surface area contributed by atoms with Gasteiger partial charge in [-0.05, 0) is 24.3 Å². The van der Waals surface area contributed by atoms with E-state index in [4.69, 9.17) is 9.84 Å². The fraction of sp³-hybridized carbons (Fsp3) is 0.333. The van der Waals surface area contributed by atoms with Crippen LogP contribution in [0.25, 0.3) is 0 Å². The van der Waals surface area contributed by atoms with Crippen molar-refractivity contribution in [2.24, 2.45) is 0 Å². The molecule has 1 aromatic carbocycles. The smallest absolute Gasteiger partial charge is 0.337 e. The number of aliphatic hydroxyl groups excluding tert-OH is 1. The molecule has 0 radical (unpaired) electrons. The first-order chi connectivity index (χ1) is 8.67. The number of rotatable bonds is 6. The van der Waals surface area contributed by atoms with E-state index >= 15 is 0 Å². The van der Waals surface area contributed by atoms with Gasteiger partial charge in [-0.1, -0.05) is 0 Å². The molecule has 6 nitrogen and oxygen atoms in total. The number of hydrogen-bond donors (Lipinski definition) is 2. The Balaban J connectivity index is 2.48. The number of methoxy groups -OCH3 is 1. The van der Waals surface area contributed by atoms with E-state index in [1.807, 2.05) is 0 Å². The third-order valence-corrected chi connectivity index (χ3v) is 2.06. The van der Waals surface area contributed by atoms with Crippen molar-refractivity contribution in [1.29, 1.82) is 0 Å². The molecule has 0 unspecified atom stereocenters. The van der Waals surface area contributed by atoms with Crippen LogP contribution < -0.4 is 5.32 Å². The molecule has 1 aromatic rings. The largest absolute Gasteiger partial charge is 0.465 e. The highest BCUT2D eigenvalue weighted by molar-refractivity contribution is 5.93. The van der Waals surface area contributed by atoms with Crippen LogP contribution in [0.2, 0.25) is 0 Å². The van der Waals surface area contributed by atoms with Gasteiger partial charge in [-0.25, -0.2) is 4.79 Å². The van der Waals surface area contributed by atoms with E-state index in [0.717, 1.165) is 0 Å². The first kappa shape index (κ1) is 14.1. The molecule has 0 saturated carbocycles. The van der Waals surface area contributed by atoms with Gasteiger partial charge in [-0.15, -0.1) is 0 Å². The van der Waals surface area contributed by atoms with Crippen LogP contribution in [0.5, 0.6) is 0 Å². The second kappa shape index (κ2) is 7.41. The van der Waals surface area contributed by atoms with Gasteiger partial charge in [0.2, 0.25) is 5.91 Å². The Morgan fingerprint density at radius 1 is 1.28 bits per heavy atom. The highest BCUT2D eigenvalue weighted by atomic mass is 16.5. The highest BCUT2D eigenvalue weighted by Crippen LogP contribution is 2.10. The fourth-order valence-electron chi connectivity index (χ4n) is 1.23. The summed E-state index contributed by atoms with van der Waals surface area (Å²) in [6.45, 7) is -0.130. The Morgan fingerprint density at radius 2 is 1.94 bits per heavy atom. The first-order valence-corrected chi connectivity index (χ1v) is 5.34. The lowest BCUT2D eigenvalue weighted by molar-refractivity contribution is -0.120. The molecule has 0 bridgehead atoms. The number of hydrogen-bond acceptors (Lipinski definition) is 5. The molecule has 0 aliphatic carbocycles. The molecule has 0 fully saturated rings. The minimum atomic E-state index is -0.431. The van der Waals surface area contributed by atoms with Gasteiger partial charge in [-0.3, -0.25) is 4.79 Å². The van der Waals surface area contributed by atoms with Crippen LogP contribution >= 0.6 is 0 Å². The van der Waals surface area contributed by atoms with E-state index in [9.17, 15) is 9.59 Å². The van der Waals surface area contributed by atoms with Crippen molar-refractivity contribution in [2.45, 2.75) is 0 Å². The van der Waals surface area contributed by atoms with Crippen LogP contribution in [0.1, 0.15) is 10.4 Å². The molecule has 0 aromatic heterocycles. The number of anilines is 1. The molecule has 18 heavy (non-hydrogen) atoms. The SMILES string of the molecule is COC(=O)c1ccc(NC(=O)COCCO)cc1. The Bertz CT molecular complexity index is 401. The van der Waals surface area contributed by atoms with E-state index < -0.39 is 5.97 Å². The second-order valence-electron chi connectivity index (χ2n) is 3.39. The zero-order valence-corrected chi connectivity index (χ0v) is 10.0. The number of nitrogens with one attached hydrogen (secondary N) is 1. The van der Waals surface area contributed by atoms with Crippen molar-refractivity contribution in [3.63, 3.8) is 0 Å². The van der Waals surface area contributed by atoms with Crippen LogP contribution in [0.4, 0.5) is 5.69 Å². The normalized spacial score (nSPS) is 9.89. The Morgan fingerprint density at radius 3 is 2.50 bits per heavy atom. The van der Waals surface area contributed by atoms with E-state index in [1.54, 1.807) is 24.3 Å². The van der Waals surface area contributed by atoms with E-state index in [0.29, 0.717) is 11.3 Å². The molecular weight excluding hydrogens is 238 g/mol. The molecule has 0 spiro atoms. The molecule has 98 valence electrons. The minimum absolute atomic E-state index is 0.120. The third-order valence-electron chi connectivity index (χ3n) is 2.06. The number of carbonyl (C=O) groups is 2. The predicted molar refractivity (Wildman–Crippen MR) is 64.3 cm³/mol. The second-order valence-corrected chi connectivity index (χ2v) is 3.39. The van der Waals surface area contributed by atoms with Gasteiger partial charge in [0.15, 0.2) is 0 Å². The zero-order valence-electron chi connectivity index (χ0n) is 10.0. The summed E-state index contributed by atoms with van der Waals surface area (Å²) in [7, 11) is 1.30. The van der Waals surface area contributed by atoms with Crippen molar-refractivity contribution in [2.75, 3.05) is 32.2 Å². The quantitative estimate of drug-likeness (QED) is 0.567. The summed E-state index contributed by atoms with van der Waals surface area (Å²) in [5.41, 5.74) is 0.965. The van der Waals surface area contributed by atoms with Gasteiger partial charge in [0.05, 0.1) is 25.9 Å². The number of amides is 1. The van der Waals surface area contributed by atoms with Gasteiger partial charge in [0, 0.05) is 5.69 Å². The van der Waals surface area contributed by atoms with Crippen molar-refractivity contribution in [3.05, 3.63) is 29.8 Å². The first-order valence-electron chi connectivity index (χ1n) is 5.34. The zero-order chi connectivity index (χ0) is 13.4. The predicted octanol–water partition coefficient (Wildman–Crippen LogP) is 0.421. The molecule has 1 rings (SSSR count). The summed E-state index contributed by atoms with van der Waals surface area (Å²) in [4.78, 5) is 22.5. The fourth-order valence-corrected chi connectivity index (χ4v) is 1.23. The molecule has 0 aliphatic heterocycles. The summed E-state index contributed by atoms with van der Waals surface area (Å²) in [6.07, 6.45) is 0. The lowest BCUT2D eigenvalue weighted by atomic mass is 10.2. The molecule has 6 heteroatoms. The monoisotopic (exact) mass is 253 g/mol. The van der Waals surface area contributed by atoms with Crippen LogP contribution in [0.3, 0.4) is 0 Å². The molecular formula is C12H15NO5. The number of ether oxygens (including phenoxy) is 2. The molecule has 0 saturated heterocycles. The maximum atomic E-state index is 11.4. The van der Waals surface area contributed by atoms with Gasteiger partial charge < -0.3 is 19.9 Å². The Hall–Kier alpha value is -1.92. The molecule has 0 heterocycles. The van der Waals surface area contributed by atoms with Crippen molar-refractivity contribution in [1.82, 2.24) is 0 Å². The summed E-state index contributed by atoms with van der Waals surface area (Å²) in [6, 6.07) is 6.29. The molecule has 1 amide bonds. The number of aliphatic hydroxyl groups is 1. The summed E-state index contributed by atoms with van der Waals surface area (Å²) in [5, 5.41) is 11.1. The number of esters is 1. The van der Waals surface area contributed by atoms with Gasteiger partial charge in [0.1, 0.15) is 6.61 Å². The summed E-state index contributed by atoms with van der Waals surface area (Å²) < 4.78 is 9.41. The van der Waals surface area contributed by atoms with Crippen molar-refractivity contribution >= 4 is 17.6 Å². The van der Waals surface area contributed by atoms with Crippen LogP contribution in [-0.2, 0) is 14.3 Å². The molecule has 0 atom stereocenters. The average molecular weight is 253 g/mol. The lowest BCUT2D eigenvalue weighted by Gasteiger charge is -2.06. The number of carbonyl (C=O) groups excluding carboxylic acids is 2. The van der Waals surface area contributed by atoms with Gasteiger partial charge >= 0.3 is 5.97 Å². The third kappa shape index (κ3) is 4.52. The summed E-state index contributed by atoms with van der Waals surface area (Å²) >= 11 is 0. The summed E-state index contributed by atoms with van der Waals surface area (Å²) in [5.74, 6) is -0.756. The van der Waals surface area contributed by atoms with Crippen LogP contribution in [-0.4, -0.2) is 43.9 Å². The van der Waals surface area contributed by atoms with E-state index in [1.165, 1.54) is 7.11 Å².